The van der Waals surface area contributed by atoms with Gasteiger partial charge in [0.05, 0.1) is 5.69 Å². The summed E-state index contributed by atoms with van der Waals surface area (Å²) in [7, 11) is 0. The van der Waals surface area contributed by atoms with Crippen LogP contribution in [-0.4, -0.2) is 14.5 Å². The molecule has 0 spiro atoms. The van der Waals surface area contributed by atoms with Gasteiger partial charge in [-0.05, 0) is 23.3 Å². The molecule has 0 aliphatic carbocycles. The summed E-state index contributed by atoms with van der Waals surface area (Å²) in [6.07, 6.45) is 5.66. The molecular formula is C22H20N4. The maximum Gasteiger partial charge on any atom is 0.140 e. The lowest BCUT2D eigenvalue weighted by Gasteiger charge is -2.10. The number of pyridine rings is 1. The smallest absolute Gasteiger partial charge is 0.140 e. The van der Waals surface area contributed by atoms with Crippen LogP contribution < -0.4 is 5.73 Å². The van der Waals surface area contributed by atoms with Crippen molar-refractivity contribution < 1.29 is 0 Å². The molecule has 4 rings (SSSR count). The van der Waals surface area contributed by atoms with E-state index in [-0.39, 0.29) is 0 Å². The molecule has 2 aromatic heterocycles. The molecule has 4 aromatic rings. The molecule has 0 atom stereocenters. The summed E-state index contributed by atoms with van der Waals surface area (Å²) < 4.78 is 2.16. The van der Waals surface area contributed by atoms with Crippen LogP contribution in [0.4, 0.5) is 0 Å². The third-order valence-corrected chi connectivity index (χ3v) is 4.40. The van der Waals surface area contributed by atoms with Crippen LogP contribution in [0.25, 0.3) is 22.6 Å². The van der Waals surface area contributed by atoms with E-state index >= 15 is 0 Å². The molecule has 128 valence electrons. The van der Waals surface area contributed by atoms with E-state index in [0.29, 0.717) is 6.54 Å². The maximum atomic E-state index is 5.75. The van der Waals surface area contributed by atoms with E-state index in [1.54, 1.807) is 0 Å². The number of imidazole rings is 1. The van der Waals surface area contributed by atoms with Gasteiger partial charge in [-0.15, -0.1) is 0 Å². The van der Waals surface area contributed by atoms with Gasteiger partial charge < -0.3 is 10.3 Å². The summed E-state index contributed by atoms with van der Waals surface area (Å²) in [5.41, 5.74) is 11.3. The predicted molar refractivity (Wildman–Crippen MR) is 104 cm³/mol. The average Bonchev–Trinajstić information content (AvgIpc) is 3.17. The summed E-state index contributed by atoms with van der Waals surface area (Å²) in [6, 6.07) is 22.7. The Bertz CT molecular complexity index is 988. The van der Waals surface area contributed by atoms with Crippen molar-refractivity contribution in [3.63, 3.8) is 0 Å². The zero-order chi connectivity index (χ0) is 17.8. The second kappa shape index (κ2) is 7.33. The van der Waals surface area contributed by atoms with E-state index < -0.39 is 0 Å². The van der Waals surface area contributed by atoms with Gasteiger partial charge in [0.2, 0.25) is 0 Å². The molecular weight excluding hydrogens is 320 g/mol. The lowest BCUT2D eigenvalue weighted by molar-refractivity contribution is 0.805. The summed E-state index contributed by atoms with van der Waals surface area (Å²) in [4.78, 5) is 8.95. The van der Waals surface area contributed by atoms with Gasteiger partial charge in [-0.25, -0.2) is 4.98 Å². The molecule has 0 unspecified atom stereocenters. The molecule has 2 N–H and O–H groups in total. The molecule has 0 radical (unpaired) electrons. The van der Waals surface area contributed by atoms with Gasteiger partial charge >= 0.3 is 0 Å². The topological polar surface area (TPSA) is 56.7 Å². The van der Waals surface area contributed by atoms with Crippen molar-refractivity contribution in [2.45, 2.75) is 13.1 Å². The van der Waals surface area contributed by atoms with Crippen molar-refractivity contribution in [1.29, 1.82) is 0 Å². The van der Waals surface area contributed by atoms with Crippen LogP contribution in [0.3, 0.4) is 0 Å². The summed E-state index contributed by atoms with van der Waals surface area (Å²) in [5, 5.41) is 0. The van der Waals surface area contributed by atoms with Gasteiger partial charge in [0.25, 0.3) is 0 Å². The van der Waals surface area contributed by atoms with Crippen LogP contribution in [0.2, 0.25) is 0 Å². The van der Waals surface area contributed by atoms with Crippen LogP contribution in [0, 0.1) is 0 Å². The molecule has 0 saturated carbocycles. The first-order chi connectivity index (χ1) is 12.8. The van der Waals surface area contributed by atoms with E-state index in [1.165, 1.54) is 5.56 Å². The molecule has 2 heterocycles. The Balaban J connectivity index is 1.60. The zero-order valence-electron chi connectivity index (χ0n) is 14.4. The third kappa shape index (κ3) is 3.41. The fraction of sp³-hybridized carbons (Fsp3) is 0.0909. The number of nitrogens with two attached hydrogens (primary N) is 1. The van der Waals surface area contributed by atoms with Gasteiger partial charge in [-0.2, -0.15) is 0 Å². The van der Waals surface area contributed by atoms with Crippen LogP contribution >= 0.6 is 0 Å². The summed E-state index contributed by atoms with van der Waals surface area (Å²) in [6.45, 7) is 1.32. The minimum absolute atomic E-state index is 0.555. The van der Waals surface area contributed by atoms with Crippen molar-refractivity contribution in [3.05, 3.63) is 96.4 Å². The Morgan fingerprint density at radius 3 is 2.35 bits per heavy atom. The molecule has 2 aromatic carbocycles. The fourth-order valence-electron chi connectivity index (χ4n) is 3.07. The monoisotopic (exact) mass is 340 g/mol. The highest BCUT2D eigenvalue weighted by molar-refractivity contribution is 5.65. The molecule has 26 heavy (non-hydrogen) atoms. The van der Waals surface area contributed by atoms with Gasteiger partial charge in [0.15, 0.2) is 0 Å². The average molecular weight is 340 g/mol. The van der Waals surface area contributed by atoms with Crippen LogP contribution in [0.5, 0.6) is 0 Å². The SMILES string of the molecule is NCc1cccc(Cn2ccnc2-c2ccc(-c3ccccn3)cc2)c1. The third-order valence-electron chi connectivity index (χ3n) is 4.40. The van der Waals surface area contributed by atoms with Crippen LogP contribution in [0.15, 0.2) is 85.3 Å². The molecule has 0 saturated heterocycles. The highest BCUT2D eigenvalue weighted by Gasteiger charge is 2.08. The van der Waals surface area contributed by atoms with E-state index in [0.717, 1.165) is 34.8 Å². The predicted octanol–water partition coefficient (Wildman–Crippen LogP) is 4.12. The van der Waals surface area contributed by atoms with Gasteiger partial charge in [0, 0.05) is 42.8 Å². The van der Waals surface area contributed by atoms with Crippen molar-refractivity contribution in [1.82, 2.24) is 14.5 Å². The summed E-state index contributed by atoms with van der Waals surface area (Å²) in [5.74, 6) is 0.954. The second-order valence-corrected chi connectivity index (χ2v) is 6.20. The molecule has 0 aliphatic heterocycles. The number of nitrogens with zero attached hydrogens (tertiary/aromatic N) is 3. The highest BCUT2D eigenvalue weighted by atomic mass is 15.1. The Hall–Kier alpha value is -3.24. The molecule has 4 nitrogen and oxygen atoms in total. The van der Waals surface area contributed by atoms with E-state index in [2.05, 4.69) is 63.1 Å². The van der Waals surface area contributed by atoms with Crippen molar-refractivity contribution in [2.24, 2.45) is 5.73 Å². The molecule has 0 bridgehead atoms. The number of rotatable bonds is 5. The normalized spacial score (nSPS) is 10.8. The fourth-order valence-corrected chi connectivity index (χ4v) is 3.07. The van der Waals surface area contributed by atoms with Gasteiger partial charge in [0.1, 0.15) is 5.82 Å². The first kappa shape index (κ1) is 16.2. The largest absolute Gasteiger partial charge is 0.327 e. The Kier molecular flexibility index (Phi) is 4.58. The van der Waals surface area contributed by atoms with E-state index in [1.807, 2.05) is 36.8 Å². The molecule has 0 aliphatic rings. The lowest BCUT2D eigenvalue weighted by Crippen LogP contribution is -2.03. The first-order valence-corrected chi connectivity index (χ1v) is 8.64. The quantitative estimate of drug-likeness (QED) is 0.594. The van der Waals surface area contributed by atoms with Gasteiger partial charge in [-0.3, -0.25) is 4.98 Å². The number of aromatic nitrogens is 3. The number of benzene rings is 2. The standard InChI is InChI=1S/C22H20N4/c23-15-17-4-3-5-18(14-17)16-26-13-12-25-22(26)20-9-7-19(8-10-20)21-6-1-2-11-24-21/h1-14H,15-16,23H2. The van der Waals surface area contributed by atoms with Crippen molar-refractivity contribution in [3.8, 4) is 22.6 Å². The van der Waals surface area contributed by atoms with Crippen LogP contribution in [-0.2, 0) is 13.1 Å². The van der Waals surface area contributed by atoms with Gasteiger partial charge in [-0.1, -0.05) is 54.6 Å². The minimum atomic E-state index is 0.555. The minimum Gasteiger partial charge on any atom is -0.327 e. The second-order valence-electron chi connectivity index (χ2n) is 6.20. The number of hydrogen-bond donors (Lipinski definition) is 1. The molecule has 0 fully saturated rings. The summed E-state index contributed by atoms with van der Waals surface area (Å²) >= 11 is 0. The van der Waals surface area contributed by atoms with Crippen molar-refractivity contribution in [2.75, 3.05) is 0 Å². The molecule has 4 heteroatoms. The van der Waals surface area contributed by atoms with E-state index in [9.17, 15) is 0 Å². The first-order valence-electron chi connectivity index (χ1n) is 8.64. The zero-order valence-corrected chi connectivity index (χ0v) is 14.4. The Morgan fingerprint density at radius 2 is 1.58 bits per heavy atom. The molecule has 0 amide bonds. The Morgan fingerprint density at radius 1 is 0.769 bits per heavy atom. The van der Waals surface area contributed by atoms with Crippen molar-refractivity contribution >= 4 is 0 Å². The highest BCUT2D eigenvalue weighted by Crippen LogP contribution is 2.23. The van der Waals surface area contributed by atoms with Crippen LogP contribution in [0.1, 0.15) is 11.1 Å². The number of hydrogen-bond acceptors (Lipinski definition) is 3. The lowest BCUT2D eigenvalue weighted by atomic mass is 10.1. The van der Waals surface area contributed by atoms with E-state index in [4.69, 9.17) is 5.73 Å². The maximum absolute atomic E-state index is 5.75. The Labute approximate surface area is 153 Å².